The molecule has 0 aliphatic carbocycles. The molecule has 2 aromatic rings. The largest absolute Gasteiger partial charge is 0.360 e. The molecule has 1 aliphatic rings. The third-order valence-electron chi connectivity index (χ3n) is 4.18. The van der Waals surface area contributed by atoms with Crippen LogP contribution in [0.5, 0.6) is 0 Å². The second-order valence-electron chi connectivity index (χ2n) is 6.00. The fraction of sp³-hybridized carbons (Fsp3) is 0.316. The summed E-state index contributed by atoms with van der Waals surface area (Å²) in [7, 11) is 0. The summed E-state index contributed by atoms with van der Waals surface area (Å²) < 4.78 is 0. The molecule has 0 saturated carbocycles. The molecule has 1 amide bonds. The van der Waals surface area contributed by atoms with E-state index in [1.807, 2.05) is 36.9 Å². The van der Waals surface area contributed by atoms with Crippen molar-refractivity contribution in [3.8, 4) is 0 Å². The van der Waals surface area contributed by atoms with Crippen LogP contribution in [0.15, 0.2) is 47.4 Å². The van der Waals surface area contributed by atoms with Crippen molar-refractivity contribution in [1.29, 1.82) is 0 Å². The maximum absolute atomic E-state index is 12.5. The molecule has 24 heavy (non-hydrogen) atoms. The summed E-state index contributed by atoms with van der Waals surface area (Å²) in [6.45, 7) is 5.39. The van der Waals surface area contributed by atoms with Gasteiger partial charge in [0, 0.05) is 27.4 Å². The molecule has 1 heterocycles. The van der Waals surface area contributed by atoms with Crippen molar-refractivity contribution < 1.29 is 4.79 Å². The number of para-hydroxylation sites is 1. The number of nitrogens with one attached hydrogen (secondary N) is 1. The van der Waals surface area contributed by atoms with Crippen LogP contribution in [0.4, 0.5) is 11.4 Å². The van der Waals surface area contributed by atoms with Crippen molar-refractivity contribution in [1.82, 2.24) is 0 Å². The second kappa shape index (κ2) is 7.49. The molecule has 126 valence electrons. The molecule has 0 spiro atoms. The zero-order chi connectivity index (χ0) is 17.1. The van der Waals surface area contributed by atoms with Crippen LogP contribution in [0.25, 0.3) is 0 Å². The molecule has 1 aliphatic heterocycles. The number of halogens is 1. The van der Waals surface area contributed by atoms with Crippen molar-refractivity contribution in [3.63, 3.8) is 0 Å². The molecular weight excluding hydrogens is 340 g/mol. The molecule has 0 aromatic heterocycles. The Morgan fingerprint density at radius 1 is 1.33 bits per heavy atom. The highest BCUT2D eigenvalue weighted by molar-refractivity contribution is 8.00. The van der Waals surface area contributed by atoms with Gasteiger partial charge in [0.2, 0.25) is 5.91 Å². The molecule has 2 aromatic carbocycles. The van der Waals surface area contributed by atoms with Crippen LogP contribution >= 0.6 is 23.4 Å². The minimum Gasteiger partial charge on any atom is -0.360 e. The maximum atomic E-state index is 12.5. The van der Waals surface area contributed by atoms with Gasteiger partial charge in [-0.15, -0.1) is 11.8 Å². The second-order valence-corrected chi connectivity index (χ2v) is 7.78. The lowest BCUT2D eigenvalue weighted by atomic mass is 10.2. The zero-order valence-corrected chi connectivity index (χ0v) is 15.5. The molecule has 0 radical (unpaired) electrons. The number of carbonyl (C=O) groups excluding carboxylic acids is 1. The first-order valence-electron chi connectivity index (χ1n) is 8.13. The van der Waals surface area contributed by atoms with Crippen molar-refractivity contribution >= 4 is 40.6 Å². The minimum absolute atomic E-state index is 0.00280. The van der Waals surface area contributed by atoms with Gasteiger partial charge >= 0.3 is 0 Å². The van der Waals surface area contributed by atoms with Gasteiger partial charge in [0.15, 0.2) is 0 Å². The van der Waals surface area contributed by atoms with E-state index in [9.17, 15) is 4.79 Å². The number of nitrogens with zero attached hydrogens (tertiary/aromatic N) is 1. The van der Waals surface area contributed by atoms with E-state index >= 15 is 0 Å². The number of fused-ring (bicyclic) bond motifs is 1. The Hall–Kier alpha value is -1.65. The summed E-state index contributed by atoms with van der Waals surface area (Å²) in [5.74, 6) is -0.00280. The van der Waals surface area contributed by atoms with Crippen LogP contribution in [-0.4, -0.2) is 24.2 Å². The van der Waals surface area contributed by atoms with Gasteiger partial charge in [0.1, 0.15) is 0 Å². The van der Waals surface area contributed by atoms with Crippen LogP contribution in [0.2, 0.25) is 5.02 Å². The monoisotopic (exact) mass is 360 g/mol. The quantitative estimate of drug-likeness (QED) is 0.834. The van der Waals surface area contributed by atoms with E-state index in [2.05, 4.69) is 35.3 Å². The Balaban J connectivity index is 1.74. The van der Waals surface area contributed by atoms with Crippen LogP contribution in [0.3, 0.4) is 0 Å². The van der Waals surface area contributed by atoms with Gasteiger partial charge in [0.25, 0.3) is 0 Å². The lowest BCUT2D eigenvalue weighted by Crippen LogP contribution is -2.40. The highest BCUT2D eigenvalue weighted by Gasteiger charge is 2.25. The van der Waals surface area contributed by atoms with Crippen molar-refractivity contribution in [2.24, 2.45) is 0 Å². The average molecular weight is 361 g/mol. The third kappa shape index (κ3) is 3.87. The number of amides is 1. The van der Waals surface area contributed by atoms with E-state index in [1.165, 1.54) is 4.90 Å². The lowest BCUT2D eigenvalue weighted by molar-refractivity contribution is -0.115. The van der Waals surface area contributed by atoms with Gasteiger partial charge in [-0.2, -0.15) is 0 Å². The summed E-state index contributed by atoms with van der Waals surface area (Å²) in [4.78, 5) is 16.0. The van der Waals surface area contributed by atoms with Crippen LogP contribution < -0.4 is 10.2 Å². The molecule has 3 rings (SSSR count). The summed E-state index contributed by atoms with van der Waals surface area (Å²) in [5, 5.41) is 4.20. The predicted octanol–water partition coefficient (Wildman–Crippen LogP) is 4.98. The Kier molecular flexibility index (Phi) is 5.36. The summed E-state index contributed by atoms with van der Waals surface area (Å²) >= 11 is 7.88. The number of carbonyl (C=O) groups is 1. The fourth-order valence-corrected chi connectivity index (χ4v) is 4.35. The Bertz CT molecular complexity index is 750. The minimum atomic E-state index is -0.00280. The number of hydrogen-bond donors (Lipinski definition) is 1. The molecule has 0 bridgehead atoms. The smallest absolute Gasteiger partial charge is 0.243 e. The normalized spacial score (nSPS) is 16.6. The SMILES string of the molecule is CC[C@@H]1CN(CC(=O)Nc2ccc(Cl)cc2C)c2ccccc2S1. The molecule has 0 saturated heterocycles. The summed E-state index contributed by atoms with van der Waals surface area (Å²) in [5.41, 5.74) is 2.93. The van der Waals surface area contributed by atoms with Gasteiger partial charge < -0.3 is 10.2 Å². The van der Waals surface area contributed by atoms with Crippen LogP contribution in [-0.2, 0) is 4.79 Å². The first-order chi connectivity index (χ1) is 11.6. The number of thioether (sulfide) groups is 1. The van der Waals surface area contributed by atoms with Gasteiger partial charge in [-0.3, -0.25) is 4.79 Å². The highest BCUT2D eigenvalue weighted by Crippen LogP contribution is 2.39. The van der Waals surface area contributed by atoms with E-state index < -0.39 is 0 Å². The molecule has 5 heteroatoms. The number of benzene rings is 2. The van der Waals surface area contributed by atoms with E-state index in [0.29, 0.717) is 16.8 Å². The molecule has 1 atom stereocenters. The fourth-order valence-electron chi connectivity index (χ4n) is 2.87. The van der Waals surface area contributed by atoms with Crippen LogP contribution in [0.1, 0.15) is 18.9 Å². The number of hydrogen-bond acceptors (Lipinski definition) is 3. The van der Waals surface area contributed by atoms with Gasteiger partial charge in [-0.25, -0.2) is 0 Å². The molecule has 0 unspecified atom stereocenters. The third-order valence-corrected chi connectivity index (χ3v) is 5.83. The Morgan fingerprint density at radius 2 is 2.12 bits per heavy atom. The van der Waals surface area contributed by atoms with Crippen molar-refractivity contribution in [2.75, 3.05) is 23.3 Å². The van der Waals surface area contributed by atoms with Gasteiger partial charge in [0.05, 0.1) is 12.2 Å². The average Bonchev–Trinajstić information content (AvgIpc) is 2.57. The van der Waals surface area contributed by atoms with Crippen molar-refractivity contribution in [3.05, 3.63) is 53.1 Å². The maximum Gasteiger partial charge on any atom is 0.243 e. The number of rotatable bonds is 4. The molecule has 3 nitrogen and oxygen atoms in total. The topological polar surface area (TPSA) is 32.3 Å². The zero-order valence-electron chi connectivity index (χ0n) is 13.9. The first kappa shape index (κ1) is 17.2. The summed E-state index contributed by atoms with van der Waals surface area (Å²) in [6.07, 6.45) is 1.09. The molecule has 0 fully saturated rings. The lowest BCUT2D eigenvalue weighted by Gasteiger charge is -2.34. The first-order valence-corrected chi connectivity index (χ1v) is 9.39. The van der Waals surface area contributed by atoms with Gasteiger partial charge in [-0.05, 0) is 49.2 Å². The molecular formula is C19H21ClN2OS. The van der Waals surface area contributed by atoms with Crippen LogP contribution in [0, 0.1) is 6.92 Å². The van der Waals surface area contributed by atoms with E-state index in [4.69, 9.17) is 11.6 Å². The Labute approximate surface area is 152 Å². The van der Waals surface area contributed by atoms with Gasteiger partial charge in [-0.1, -0.05) is 30.7 Å². The summed E-state index contributed by atoms with van der Waals surface area (Å²) in [6, 6.07) is 13.8. The highest BCUT2D eigenvalue weighted by atomic mass is 35.5. The van der Waals surface area contributed by atoms with E-state index in [-0.39, 0.29) is 5.91 Å². The van der Waals surface area contributed by atoms with E-state index in [1.54, 1.807) is 6.07 Å². The standard InChI is InChI=1S/C19H21ClN2OS/c1-3-15-11-22(17-6-4-5-7-18(17)24-15)12-19(23)21-16-9-8-14(20)10-13(16)2/h4-10,15H,3,11-12H2,1-2H3,(H,21,23)/t15-/m1/s1. The predicted molar refractivity (Wildman–Crippen MR) is 103 cm³/mol. The number of aryl methyl sites for hydroxylation is 1. The van der Waals surface area contributed by atoms with E-state index in [0.717, 1.165) is 29.9 Å². The van der Waals surface area contributed by atoms with Crippen molar-refractivity contribution in [2.45, 2.75) is 30.4 Å². The Morgan fingerprint density at radius 3 is 2.88 bits per heavy atom. The number of anilines is 2. The molecule has 1 N–H and O–H groups in total.